The fourth-order valence-corrected chi connectivity index (χ4v) is 4.49. The van der Waals surface area contributed by atoms with Crippen LogP contribution in [0.15, 0.2) is 41.8 Å². The van der Waals surface area contributed by atoms with E-state index in [1.165, 1.54) is 16.0 Å². The first-order chi connectivity index (χ1) is 8.22. The van der Waals surface area contributed by atoms with Gasteiger partial charge in [-0.05, 0) is 0 Å². The Labute approximate surface area is 117 Å². The van der Waals surface area contributed by atoms with Crippen LogP contribution in [-0.4, -0.2) is 4.93 Å². The molecule has 2 aromatic rings. The summed E-state index contributed by atoms with van der Waals surface area (Å²) >= 11 is 1.90. The molecule has 2 atom stereocenters. The number of alkyl halides is 2. The number of halogens is 1. The maximum atomic E-state index is 6.11. The Morgan fingerprint density at radius 2 is 1.88 bits per heavy atom. The number of hydrogen-bond acceptors (Lipinski definition) is 2. The fraction of sp³-hybridized carbons (Fsp3) is 0.286. The van der Waals surface area contributed by atoms with Gasteiger partial charge < -0.3 is 0 Å². The van der Waals surface area contributed by atoms with E-state index in [4.69, 9.17) is 5.73 Å². The van der Waals surface area contributed by atoms with E-state index in [0.717, 1.165) is 0 Å². The summed E-state index contributed by atoms with van der Waals surface area (Å²) in [4.78, 5) is 3.59. The quantitative estimate of drug-likeness (QED) is 0.483. The number of hydrogen-bond donors (Lipinski definition) is 1. The minimum atomic E-state index is 0.0925. The van der Waals surface area contributed by atoms with Crippen molar-refractivity contribution in [2.45, 2.75) is 16.9 Å². The minimum absolute atomic E-state index is 0.0925. The van der Waals surface area contributed by atoms with E-state index >= 15 is 0 Å². The van der Waals surface area contributed by atoms with Crippen molar-refractivity contribution in [1.29, 1.82) is 0 Å². The summed E-state index contributed by atoms with van der Waals surface area (Å²) in [5.41, 5.74) is 8.87. The second-order valence-corrected chi connectivity index (χ2v) is 7.57. The Morgan fingerprint density at radius 1 is 1.18 bits per heavy atom. The molecule has 0 aliphatic carbocycles. The zero-order chi connectivity index (χ0) is 12.3. The van der Waals surface area contributed by atoms with Crippen molar-refractivity contribution in [1.82, 2.24) is 0 Å². The van der Waals surface area contributed by atoms with Gasteiger partial charge in [-0.15, -0.1) is 0 Å². The molecular formula is C14H17INS-. The van der Waals surface area contributed by atoms with Crippen molar-refractivity contribution in [2.24, 2.45) is 5.73 Å². The van der Waals surface area contributed by atoms with Crippen molar-refractivity contribution in [3.63, 3.8) is 0 Å². The summed E-state index contributed by atoms with van der Waals surface area (Å²) in [5, 5.41) is 2.26. The molecule has 0 aliphatic rings. The number of nitrogens with two attached hydrogens (primary N) is 1. The molecule has 3 heteroatoms. The first-order valence-electron chi connectivity index (χ1n) is 5.59. The molecule has 2 rings (SSSR count). The van der Waals surface area contributed by atoms with Crippen molar-refractivity contribution < 1.29 is 21.2 Å². The average Bonchev–Trinajstić information content (AvgIpc) is 2.87. The van der Waals surface area contributed by atoms with Crippen molar-refractivity contribution in [2.75, 3.05) is 4.93 Å². The third-order valence-electron chi connectivity index (χ3n) is 2.95. The van der Waals surface area contributed by atoms with Crippen LogP contribution in [0.5, 0.6) is 0 Å². The normalized spacial score (nSPS) is 14.8. The van der Waals surface area contributed by atoms with Crippen LogP contribution in [0.2, 0.25) is 0 Å². The maximum absolute atomic E-state index is 6.11. The van der Waals surface area contributed by atoms with Crippen LogP contribution in [0.4, 0.5) is 0 Å². The van der Waals surface area contributed by atoms with Crippen LogP contribution < -0.4 is 26.9 Å². The monoisotopic (exact) mass is 358 g/mol. The molecule has 2 N–H and O–H groups in total. The molecule has 0 spiro atoms. The standard InChI is InChI=1S/C14H17INS/c1-10(11-6-4-3-5-7-11)12-8-13(17-9-12)14(16)15-2/h3-10,14H,16H2,1-2H3/q-1/t10?,14-/m0/s1. The molecule has 0 saturated carbocycles. The molecule has 1 aromatic carbocycles. The molecule has 0 amide bonds. The fourth-order valence-electron chi connectivity index (χ4n) is 1.78. The third kappa shape index (κ3) is 3.09. The SMILES string of the molecule is C[I-][C@@H](N)c1cc(C(C)c2ccccc2)cs1. The topological polar surface area (TPSA) is 26.0 Å². The van der Waals surface area contributed by atoms with E-state index in [2.05, 4.69) is 53.6 Å². The zero-order valence-corrected chi connectivity index (χ0v) is 13.0. The van der Waals surface area contributed by atoms with E-state index in [9.17, 15) is 0 Å². The predicted octanol–water partition coefficient (Wildman–Crippen LogP) is 0.576. The summed E-state index contributed by atoms with van der Waals surface area (Å²) in [7, 11) is 0. The molecule has 92 valence electrons. The molecule has 0 fully saturated rings. The van der Waals surface area contributed by atoms with Crippen LogP contribution >= 0.6 is 11.3 Å². The second kappa shape index (κ2) is 5.98. The summed E-state index contributed by atoms with van der Waals surface area (Å²) in [5.74, 6) is 0.462. The van der Waals surface area contributed by atoms with Crippen LogP contribution in [-0.2, 0) is 0 Å². The van der Waals surface area contributed by atoms with Gasteiger partial charge in [0, 0.05) is 0 Å². The summed E-state index contributed by atoms with van der Waals surface area (Å²) in [6.07, 6.45) is 0. The molecule has 17 heavy (non-hydrogen) atoms. The van der Waals surface area contributed by atoms with Gasteiger partial charge in [-0.3, -0.25) is 0 Å². The van der Waals surface area contributed by atoms with E-state index in [-0.39, 0.29) is 21.2 Å². The van der Waals surface area contributed by atoms with Gasteiger partial charge in [-0.25, -0.2) is 0 Å². The third-order valence-corrected chi connectivity index (χ3v) is 6.42. The molecule has 0 bridgehead atoms. The van der Waals surface area contributed by atoms with Gasteiger partial charge >= 0.3 is 118 Å². The van der Waals surface area contributed by atoms with Gasteiger partial charge in [0.15, 0.2) is 0 Å². The summed E-state index contributed by atoms with van der Waals surface area (Å²) in [6.45, 7) is 2.26. The van der Waals surface area contributed by atoms with E-state index in [1.54, 1.807) is 0 Å². The Kier molecular flexibility index (Phi) is 4.59. The Bertz CT molecular complexity index is 466. The molecule has 1 nitrogen and oxygen atoms in total. The van der Waals surface area contributed by atoms with E-state index in [1.807, 2.05) is 11.3 Å². The van der Waals surface area contributed by atoms with Gasteiger partial charge in [-0.2, -0.15) is 0 Å². The van der Waals surface area contributed by atoms with Gasteiger partial charge in [-0.1, -0.05) is 0 Å². The molecule has 0 aliphatic heterocycles. The summed E-state index contributed by atoms with van der Waals surface area (Å²) in [6, 6.07) is 12.9. The zero-order valence-electron chi connectivity index (χ0n) is 10.1. The Balaban J connectivity index is 2.20. The average molecular weight is 358 g/mol. The number of rotatable bonds is 4. The van der Waals surface area contributed by atoms with Crippen LogP contribution in [0.25, 0.3) is 0 Å². The number of benzene rings is 1. The van der Waals surface area contributed by atoms with Crippen molar-refractivity contribution >= 4 is 11.3 Å². The first kappa shape index (κ1) is 13.1. The van der Waals surface area contributed by atoms with Crippen LogP contribution in [0.3, 0.4) is 0 Å². The van der Waals surface area contributed by atoms with Crippen molar-refractivity contribution in [3.8, 4) is 0 Å². The molecule has 1 heterocycles. The molecule has 0 radical (unpaired) electrons. The molecule has 1 aromatic heterocycles. The molecule has 1 unspecified atom stereocenters. The molecular weight excluding hydrogens is 341 g/mol. The van der Waals surface area contributed by atoms with Gasteiger partial charge in [0.2, 0.25) is 0 Å². The van der Waals surface area contributed by atoms with E-state index in [0.29, 0.717) is 9.97 Å². The van der Waals surface area contributed by atoms with Crippen molar-refractivity contribution in [3.05, 3.63) is 57.8 Å². The first-order valence-corrected chi connectivity index (χ1v) is 9.87. The molecule has 0 saturated heterocycles. The van der Waals surface area contributed by atoms with E-state index < -0.39 is 0 Å². The Morgan fingerprint density at radius 3 is 2.53 bits per heavy atom. The predicted molar refractivity (Wildman–Crippen MR) is 71.1 cm³/mol. The summed E-state index contributed by atoms with van der Waals surface area (Å²) < 4.78 is 0.301. The second-order valence-electron chi connectivity index (χ2n) is 4.03. The van der Waals surface area contributed by atoms with Gasteiger partial charge in [0.25, 0.3) is 0 Å². The Hall–Kier alpha value is -0.390. The van der Waals surface area contributed by atoms with Gasteiger partial charge in [0.05, 0.1) is 0 Å². The van der Waals surface area contributed by atoms with Crippen LogP contribution in [0.1, 0.15) is 32.9 Å². The van der Waals surface area contributed by atoms with Crippen LogP contribution in [0, 0.1) is 0 Å². The number of thiophene rings is 1. The van der Waals surface area contributed by atoms with Gasteiger partial charge in [0.1, 0.15) is 0 Å².